The summed E-state index contributed by atoms with van der Waals surface area (Å²) in [6.45, 7) is 2.61. The molecule has 0 unspecified atom stereocenters. The van der Waals surface area contributed by atoms with Gasteiger partial charge in [0.2, 0.25) is 12.7 Å². The highest BCUT2D eigenvalue weighted by atomic mass is 32.1. The maximum atomic E-state index is 12.3. The Morgan fingerprint density at radius 1 is 1.31 bits per heavy atom. The zero-order valence-corrected chi connectivity index (χ0v) is 14.8. The number of carbonyl (C=O) groups excluding carboxylic acids is 1. The molecule has 7 nitrogen and oxygen atoms in total. The number of carbonyl (C=O) groups is 1. The Morgan fingerprint density at radius 3 is 3.04 bits per heavy atom. The Labute approximate surface area is 153 Å². The maximum Gasteiger partial charge on any atom is 0.273 e. The van der Waals surface area contributed by atoms with Gasteiger partial charge in [-0.15, -0.1) is 11.3 Å². The van der Waals surface area contributed by atoms with Gasteiger partial charge >= 0.3 is 0 Å². The number of aryl methyl sites for hydroxylation is 1. The highest BCUT2D eigenvalue weighted by Crippen LogP contribution is 2.35. The van der Waals surface area contributed by atoms with Gasteiger partial charge in [0, 0.05) is 6.07 Å². The Morgan fingerprint density at radius 2 is 2.19 bits per heavy atom. The Bertz CT molecular complexity index is 920. The fourth-order valence-electron chi connectivity index (χ4n) is 2.50. The number of nitrogens with one attached hydrogen (secondary N) is 1. The van der Waals surface area contributed by atoms with Crippen molar-refractivity contribution in [2.24, 2.45) is 0 Å². The molecule has 1 aromatic carbocycles. The lowest BCUT2D eigenvalue weighted by Crippen LogP contribution is -2.28. The van der Waals surface area contributed by atoms with Crippen LogP contribution in [0.25, 0.3) is 10.8 Å². The Kier molecular flexibility index (Phi) is 4.49. The molecule has 134 valence electrons. The van der Waals surface area contributed by atoms with Crippen molar-refractivity contribution in [3.05, 3.63) is 47.2 Å². The van der Waals surface area contributed by atoms with Gasteiger partial charge < -0.3 is 23.9 Å². The quantitative estimate of drug-likeness (QED) is 0.669. The van der Waals surface area contributed by atoms with Crippen LogP contribution in [0.3, 0.4) is 0 Å². The van der Waals surface area contributed by atoms with E-state index < -0.39 is 0 Å². The fraction of sp³-hybridized carbons (Fsp3) is 0.222. The number of ether oxygens (including phenoxy) is 3. The van der Waals surface area contributed by atoms with Crippen molar-refractivity contribution in [1.29, 1.82) is 0 Å². The second kappa shape index (κ2) is 7.09. The van der Waals surface area contributed by atoms with Gasteiger partial charge in [-0.2, -0.15) is 0 Å². The first-order chi connectivity index (χ1) is 12.7. The maximum absolute atomic E-state index is 12.3. The summed E-state index contributed by atoms with van der Waals surface area (Å²) in [5, 5.41) is 4.71. The predicted molar refractivity (Wildman–Crippen MR) is 94.9 cm³/mol. The van der Waals surface area contributed by atoms with Crippen molar-refractivity contribution in [2.45, 2.75) is 6.92 Å². The third kappa shape index (κ3) is 3.36. The standard InChI is InChI=1S/C18H16N2O5S/c1-11-16(20-18(25-11)15-3-2-8-26-15)17(21)19-6-7-22-12-4-5-13-14(9-12)24-10-23-13/h2-5,8-9H,6-7,10H2,1H3,(H,19,21). The van der Waals surface area contributed by atoms with Gasteiger partial charge in [-0.3, -0.25) is 4.79 Å². The van der Waals surface area contributed by atoms with E-state index in [1.807, 2.05) is 17.5 Å². The average Bonchev–Trinajstić information content (AvgIpc) is 3.37. The van der Waals surface area contributed by atoms with Crippen LogP contribution in [0.1, 0.15) is 16.2 Å². The van der Waals surface area contributed by atoms with E-state index in [2.05, 4.69) is 10.3 Å². The number of oxazole rings is 1. The molecule has 1 aliphatic heterocycles. The number of hydrogen-bond donors (Lipinski definition) is 1. The lowest BCUT2D eigenvalue weighted by molar-refractivity contribution is 0.0941. The molecule has 0 saturated heterocycles. The van der Waals surface area contributed by atoms with Crippen LogP contribution in [0.2, 0.25) is 0 Å². The zero-order valence-electron chi connectivity index (χ0n) is 14.0. The summed E-state index contributed by atoms with van der Waals surface area (Å²) >= 11 is 1.51. The summed E-state index contributed by atoms with van der Waals surface area (Å²) in [5.74, 6) is 2.67. The minimum Gasteiger partial charge on any atom is -0.492 e. The second-order valence-electron chi connectivity index (χ2n) is 5.52. The highest BCUT2D eigenvalue weighted by molar-refractivity contribution is 7.13. The van der Waals surface area contributed by atoms with Crippen LogP contribution >= 0.6 is 11.3 Å². The van der Waals surface area contributed by atoms with E-state index in [0.717, 1.165) is 4.88 Å². The number of thiophene rings is 1. The number of nitrogens with zero attached hydrogens (tertiary/aromatic N) is 1. The van der Waals surface area contributed by atoms with E-state index in [0.29, 0.717) is 42.1 Å². The third-order valence-corrected chi connectivity index (χ3v) is 4.60. The number of aromatic nitrogens is 1. The molecule has 8 heteroatoms. The highest BCUT2D eigenvalue weighted by Gasteiger charge is 2.18. The Hall–Kier alpha value is -3.00. The molecule has 0 bridgehead atoms. The summed E-state index contributed by atoms with van der Waals surface area (Å²) in [6, 6.07) is 9.16. The van der Waals surface area contributed by atoms with E-state index in [1.54, 1.807) is 25.1 Å². The molecule has 0 fully saturated rings. The summed E-state index contributed by atoms with van der Waals surface area (Å²) in [7, 11) is 0. The molecule has 0 saturated carbocycles. The van der Waals surface area contributed by atoms with Crippen LogP contribution in [0.4, 0.5) is 0 Å². The first-order valence-corrected chi connectivity index (χ1v) is 8.90. The van der Waals surface area contributed by atoms with Crippen LogP contribution in [0.15, 0.2) is 40.1 Å². The van der Waals surface area contributed by atoms with Crippen LogP contribution in [-0.4, -0.2) is 30.8 Å². The zero-order chi connectivity index (χ0) is 17.9. The summed E-state index contributed by atoms with van der Waals surface area (Å²) < 4.78 is 21.7. The second-order valence-corrected chi connectivity index (χ2v) is 6.47. The van der Waals surface area contributed by atoms with Gasteiger partial charge in [0.25, 0.3) is 5.91 Å². The average molecular weight is 372 g/mol. The van der Waals surface area contributed by atoms with Crippen molar-refractivity contribution in [3.63, 3.8) is 0 Å². The molecular formula is C18H16N2O5S. The molecule has 0 atom stereocenters. The van der Waals surface area contributed by atoms with Crippen molar-refractivity contribution in [3.8, 4) is 28.0 Å². The molecule has 1 N–H and O–H groups in total. The molecular weight excluding hydrogens is 356 g/mol. The summed E-state index contributed by atoms with van der Waals surface area (Å²) in [6.07, 6.45) is 0. The minimum absolute atomic E-state index is 0.222. The molecule has 0 radical (unpaired) electrons. The van der Waals surface area contributed by atoms with Crippen LogP contribution in [0.5, 0.6) is 17.2 Å². The molecule has 26 heavy (non-hydrogen) atoms. The van der Waals surface area contributed by atoms with E-state index in [9.17, 15) is 4.79 Å². The van der Waals surface area contributed by atoms with Gasteiger partial charge in [-0.25, -0.2) is 4.98 Å². The van der Waals surface area contributed by atoms with E-state index >= 15 is 0 Å². The van der Waals surface area contributed by atoms with Gasteiger partial charge in [-0.1, -0.05) is 6.07 Å². The first kappa shape index (κ1) is 16.5. The molecule has 1 aliphatic rings. The molecule has 0 aliphatic carbocycles. The van der Waals surface area contributed by atoms with Gasteiger partial charge in [0.1, 0.15) is 18.1 Å². The fourth-order valence-corrected chi connectivity index (χ4v) is 3.15. The molecule has 4 rings (SSSR count). The summed E-state index contributed by atoms with van der Waals surface area (Å²) in [4.78, 5) is 17.5. The van der Waals surface area contributed by atoms with Gasteiger partial charge in [0.05, 0.1) is 11.4 Å². The SMILES string of the molecule is Cc1oc(-c2cccs2)nc1C(=O)NCCOc1ccc2c(c1)OCO2. The third-order valence-electron chi connectivity index (χ3n) is 3.74. The van der Waals surface area contributed by atoms with Gasteiger partial charge in [-0.05, 0) is 30.5 Å². The van der Waals surface area contributed by atoms with Crippen molar-refractivity contribution < 1.29 is 23.4 Å². The van der Waals surface area contributed by atoms with E-state index in [1.165, 1.54) is 11.3 Å². The minimum atomic E-state index is -0.289. The van der Waals surface area contributed by atoms with Crippen LogP contribution in [-0.2, 0) is 0 Å². The molecule has 0 spiro atoms. The summed E-state index contributed by atoms with van der Waals surface area (Å²) in [5.41, 5.74) is 0.288. The molecule has 1 amide bonds. The van der Waals surface area contributed by atoms with E-state index in [-0.39, 0.29) is 18.4 Å². The van der Waals surface area contributed by atoms with E-state index in [4.69, 9.17) is 18.6 Å². The van der Waals surface area contributed by atoms with Crippen molar-refractivity contribution in [2.75, 3.05) is 19.9 Å². The number of benzene rings is 1. The largest absolute Gasteiger partial charge is 0.492 e. The van der Waals surface area contributed by atoms with Crippen LogP contribution < -0.4 is 19.5 Å². The number of hydrogen-bond acceptors (Lipinski definition) is 7. The lowest BCUT2D eigenvalue weighted by atomic mass is 10.3. The molecule has 3 heterocycles. The van der Waals surface area contributed by atoms with Crippen molar-refractivity contribution in [1.82, 2.24) is 10.3 Å². The van der Waals surface area contributed by atoms with Gasteiger partial charge in [0.15, 0.2) is 17.2 Å². The van der Waals surface area contributed by atoms with Crippen LogP contribution in [0, 0.1) is 6.92 Å². The Balaban J connectivity index is 1.30. The normalized spacial score (nSPS) is 12.2. The number of rotatable bonds is 6. The van der Waals surface area contributed by atoms with Crippen molar-refractivity contribution >= 4 is 17.2 Å². The topological polar surface area (TPSA) is 82.8 Å². The lowest BCUT2D eigenvalue weighted by Gasteiger charge is -2.07. The smallest absolute Gasteiger partial charge is 0.273 e. The number of fused-ring (bicyclic) bond motifs is 1. The molecule has 2 aromatic heterocycles. The number of amides is 1. The molecule has 3 aromatic rings. The first-order valence-electron chi connectivity index (χ1n) is 8.02. The predicted octanol–water partition coefficient (Wildman–Crippen LogP) is 3.25. The monoisotopic (exact) mass is 372 g/mol.